The predicted molar refractivity (Wildman–Crippen MR) is 77.0 cm³/mol. The predicted octanol–water partition coefficient (Wildman–Crippen LogP) is 1.88. The van der Waals surface area contributed by atoms with Gasteiger partial charge in [-0.15, -0.1) is 0 Å². The summed E-state index contributed by atoms with van der Waals surface area (Å²) in [5, 5.41) is 0. The molecular weight excluding hydrogens is 278 g/mol. The van der Waals surface area contributed by atoms with E-state index in [0.29, 0.717) is 6.54 Å². The van der Waals surface area contributed by atoms with Crippen LogP contribution in [0.3, 0.4) is 0 Å². The van der Waals surface area contributed by atoms with Gasteiger partial charge in [0.1, 0.15) is 0 Å². The fraction of sp³-hybridized carbons (Fsp3) is 0.500. The van der Waals surface area contributed by atoms with Crippen LogP contribution in [0.5, 0.6) is 0 Å². The molecular formula is C14H21NO4S. The molecule has 0 heterocycles. The monoisotopic (exact) mass is 299 g/mol. The quantitative estimate of drug-likeness (QED) is 0.752. The van der Waals surface area contributed by atoms with Gasteiger partial charge in [-0.25, -0.2) is 8.42 Å². The van der Waals surface area contributed by atoms with E-state index in [4.69, 9.17) is 0 Å². The maximum absolute atomic E-state index is 12.5. The molecule has 0 saturated heterocycles. The zero-order valence-electron chi connectivity index (χ0n) is 12.3. The molecule has 0 unspecified atom stereocenters. The van der Waals surface area contributed by atoms with Crippen molar-refractivity contribution < 1.29 is 17.9 Å². The molecule has 0 fully saturated rings. The number of sulfonamides is 1. The number of ether oxygens (including phenoxy) is 1. The molecule has 0 radical (unpaired) electrons. The Balaban J connectivity index is 2.99. The molecule has 1 aromatic rings. The number of rotatable bonds is 6. The van der Waals surface area contributed by atoms with Crippen molar-refractivity contribution in [3.05, 3.63) is 29.3 Å². The summed E-state index contributed by atoms with van der Waals surface area (Å²) in [5.74, 6) is -0.418. The van der Waals surface area contributed by atoms with Crippen molar-refractivity contribution in [1.29, 1.82) is 0 Å². The molecule has 5 nitrogen and oxygen atoms in total. The maximum Gasteiger partial charge on any atom is 0.306 e. The van der Waals surface area contributed by atoms with E-state index in [1.807, 2.05) is 13.8 Å². The van der Waals surface area contributed by atoms with E-state index >= 15 is 0 Å². The number of esters is 1. The summed E-state index contributed by atoms with van der Waals surface area (Å²) in [6, 6.07) is 5.04. The van der Waals surface area contributed by atoms with Crippen molar-refractivity contribution >= 4 is 16.0 Å². The van der Waals surface area contributed by atoms with E-state index in [-0.39, 0.29) is 17.9 Å². The SMILES string of the molecule is CCN(CCC(=O)OC)S(=O)(=O)c1ccc(C)c(C)c1. The summed E-state index contributed by atoms with van der Waals surface area (Å²) >= 11 is 0. The second kappa shape index (κ2) is 6.85. The van der Waals surface area contributed by atoms with Crippen molar-refractivity contribution in [2.24, 2.45) is 0 Å². The highest BCUT2D eigenvalue weighted by Crippen LogP contribution is 2.19. The Morgan fingerprint density at radius 1 is 1.25 bits per heavy atom. The number of aryl methyl sites for hydroxylation is 2. The van der Waals surface area contributed by atoms with E-state index in [2.05, 4.69) is 4.74 Å². The molecule has 0 N–H and O–H groups in total. The third-order valence-corrected chi connectivity index (χ3v) is 5.23. The molecule has 112 valence electrons. The Morgan fingerprint density at radius 2 is 1.90 bits per heavy atom. The van der Waals surface area contributed by atoms with Crippen LogP contribution in [0.2, 0.25) is 0 Å². The lowest BCUT2D eigenvalue weighted by Crippen LogP contribution is -2.33. The van der Waals surface area contributed by atoms with Crippen molar-refractivity contribution in [3.8, 4) is 0 Å². The molecule has 20 heavy (non-hydrogen) atoms. The van der Waals surface area contributed by atoms with Crippen LogP contribution in [0.25, 0.3) is 0 Å². The van der Waals surface area contributed by atoms with Gasteiger partial charge < -0.3 is 4.74 Å². The lowest BCUT2D eigenvalue weighted by atomic mass is 10.1. The minimum absolute atomic E-state index is 0.0500. The maximum atomic E-state index is 12.5. The molecule has 0 atom stereocenters. The Labute approximate surface area is 120 Å². The van der Waals surface area contributed by atoms with Crippen molar-refractivity contribution in [2.45, 2.75) is 32.1 Å². The van der Waals surface area contributed by atoms with Gasteiger partial charge in [0.05, 0.1) is 18.4 Å². The Kier molecular flexibility index (Phi) is 5.71. The molecule has 1 rings (SSSR count). The van der Waals surface area contributed by atoms with Gasteiger partial charge in [0.25, 0.3) is 0 Å². The topological polar surface area (TPSA) is 63.7 Å². The first-order valence-corrected chi connectivity index (χ1v) is 7.91. The Morgan fingerprint density at radius 3 is 2.40 bits per heavy atom. The summed E-state index contributed by atoms with van der Waals surface area (Å²) < 4.78 is 30.8. The molecule has 6 heteroatoms. The van der Waals surface area contributed by atoms with Crippen LogP contribution in [0.4, 0.5) is 0 Å². The zero-order valence-corrected chi connectivity index (χ0v) is 13.2. The third kappa shape index (κ3) is 3.80. The van der Waals surface area contributed by atoms with Crippen LogP contribution >= 0.6 is 0 Å². The number of hydrogen-bond acceptors (Lipinski definition) is 4. The summed E-state index contributed by atoms with van der Waals surface area (Å²) in [6.07, 6.45) is 0.0500. The van der Waals surface area contributed by atoms with Gasteiger partial charge in [0, 0.05) is 13.1 Å². The highest BCUT2D eigenvalue weighted by atomic mass is 32.2. The number of nitrogens with zero attached hydrogens (tertiary/aromatic N) is 1. The van der Waals surface area contributed by atoms with Crippen LogP contribution in [0.1, 0.15) is 24.5 Å². The molecule has 0 bridgehead atoms. The van der Waals surface area contributed by atoms with Gasteiger partial charge in [-0.05, 0) is 37.1 Å². The molecule has 1 aromatic carbocycles. The van der Waals surface area contributed by atoms with Crippen molar-refractivity contribution in [3.63, 3.8) is 0 Å². The summed E-state index contributed by atoms with van der Waals surface area (Å²) in [6.45, 7) is 5.99. The number of benzene rings is 1. The van der Waals surface area contributed by atoms with Gasteiger partial charge in [-0.3, -0.25) is 4.79 Å². The average Bonchev–Trinajstić information content (AvgIpc) is 2.41. The third-order valence-electron chi connectivity index (χ3n) is 3.26. The first-order valence-electron chi connectivity index (χ1n) is 6.47. The van der Waals surface area contributed by atoms with Crippen LogP contribution in [-0.4, -0.2) is 38.9 Å². The van der Waals surface area contributed by atoms with Crippen LogP contribution in [0.15, 0.2) is 23.1 Å². The van der Waals surface area contributed by atoms with Crippen LogP contribution in [0, 0.1) is 13.8 Å². The molecule has 0 aromatic heterocycles. The van der Waals surface area contributed by atoms with E-state index in [9.17, 15) is 13.2 Å². The summed E-state index contributed by atoms with van der Waals surface area (Å²) in [7, 11) is -2.28. The van der Waals surface area contributed by atoms with E-state index in [1.165, 1.54) is 11.4 Å². The smallest absolute Gasteiger partial charge is 0.306 e. The Bertz CT molecular complexity index is 581. The second-order valence-corrected chi connectivity index (χ2v) is 6.51. The molecule has 0 aliphatic heterocycles. The van der Waals surface area contributed by atoms with Gasteiger partial charge in [0.2, 0.25) is 10.0 Å². The zero-order chi connectivity index (χ0) is 15.3. The van der Waals surface area contributed by atoms with Crippen molar-refractivity contribution in [2.75, 3.05) is 20.2 Å². The van der Waals surface area contributed by atoms with E-state index < -0.39 is 16.0 Å². The van der Waals surface area contributed by atoms with Crippen molar-refractivity contribution in [1.82, 2.24) is 4.31 Å². The van der Waals surface area contributed by atoms with Crippen LogP contribution < -0.4 is 0 Å². The summed E-state index contributed by atoms with van der Waals surface area (Å²) in [4.78, 5) is 11.4. The van der Waals surface area contributed by atoms with Gasteiger partial charge in [0.15, 0.2) is 0 Å². The van der Waals surface area contributed by atoms with E-state index in [0.717, 1.165) is 11.1 Å². The second-order valence-electron chi connectivity index (χ2n) is 4.57. The molecule has 0 spiro atoms. The first kappa shape index (κ1) is 16.7. The Hall–Kier alpha value is -1.40. The number of carbonyl (C=O) groups is 1. The minimum Gasteiger partial charge on any atom is -0.469 e. The molecule has 0 saturated carbocycles. The van der Waals surface area contributed by atoms with Gasteiger partial charge >= 0.3 is 5.97 Å². The fourth-order valence-corrected chi connectivity index (χ4v) is 3.33. The highest BCUT2D eigenvalue weighted by Gasteiger charge is 2.23. The normalized spacial score (nSPS) is 11.7. The van der Waals surface area contributed by atoms with Gasteiger partial charge in [-0.2, -0.15) is 4.31 Å². The molecule has 0 aliphatic rings. The van der Waals surface area contributed by atoms with Gasteiger partial charge in [-0.1, -0.05) is 13.0 Å². The minimum atomic E-state index is -3.57. The first-order chi connectivity index (χ1) is 9.32. The van der Waals surface area contributed by atoms with Crippen LogP contribution in [-0.2, 0) is 19.6 Å². The lowest BCUT2D eigenvalue weighted by molar-refractivity contribution is -0.140. The molecule has 0 amide bonds. The average molecular weight is 299 g/mol. The lowest BCUT2D eigenvalue weighted by Gasteiger charge is -2.20. The number of carbonyl (C=O) groups excluding carboxylic acids is 1. The van der Waals surface area contributed by atoms with E-state index in [1.54, 1.807) is 25.1 Å². The number of hydrogen-bond donors (Lipinski definition) is 0. The largest absolute Gasteiger partial charge is 0.469 e. The number of methoxy groups -OCH3 is 1. The highest BCUT2D eigenvalue weighted by molar-refractivity contribution is 7.89. The standard InChI is InChI=1S/C14H21NO4S/c1-5-15(9-8-14(16)19-4)20(17,18)13-7-6-11(2)12(3)10-13/h6-7,10H,5,8-9H2,1-4H3. The fourth-order valence-electron chi connectivity index (χ4n) is 1.79. The molecule has 0 aliphatic carbocycles. The summed E-state index contributed by atoms with van der Waals surface area (Å²) in [5.41, 5.74) is 1.97.